The fraction of sp³-hybridized carbons (Fsp3) is 0.333. The maximum atomic E-state index is 11.2. The summed E-state index contributed by atoms with van der Waals surface area (Å²) in [6, 6.07) is 9.89. The molecular formula is C12H14N2O. The second kappa shape index (κ2) is 3.50. The van der Waals surface area contributed by atoms with Crippen LogP contribution < -0.4 is 5.11 Å². The van der Waals surface area contributed by atoms with E-state index in [2.05, 4.69) is 5.10 Å². The Morgan fingerprint density at radius 1 is 1.33 bits per heavy atom. The zero-order valence-electron chi connectivity index (χ0n) is 8.97. The van der Waals surface area contributed by atoms with Crippen LogP contribution in [-0.2, 0) is 0 Å². The summed E-state index contributed by atoms with van der Waals surface area (Å²) in [5.74, 6) is -0.0489. The summed E-state index contributed by atoms with van der Waals surface area (Å²) in [6.45, 7) is 4.03. The smallest absolute Gasteiger partial charge is 0.203 e. The molecule has 78 valence electrons. The molecule has 0 radical (unpaired) electrons. The minimum absolute atomic E-state index is 0.0489. The van der Waals surface area contributed by atoms with Gasteiger partial charge in [-0.2, -0.15) is 0 Å². The summed E-state index contributed by atoms with van der Waals surface area (Å²) >= 11 is 0. The fourth-order valence-electron chi connectivity index (χ4n) is 1.63. The molecule has 0 fully saturated rings. The number of hydrazone groups is 1. The third-order valence-electron chi connectivity index (χ3n) is 2.49. The Hall–Kier alpha value is -1.64. The average Bonchev–Trinajstić information content (AvgIpc) is 2.41. The Balaban J connectivity index is 2.35. The van der Waals surface area contributed by atoms with Gasteiger partial charge in [0.2, 0.25) is 6.21 Å². The molecule has 0 aliphatic carbocycles. The van der Waals surface area contributed by atoms with Crippen LogP contribution in [0, 0.1) is 0 Å². The lowest BCUT2D eigenvalue weighted by Gasteiger charge is -2.10. The summed E-state index contributed by atoms with van der Waals surface area (Å²) < 4.78 is 1.75. The van der Waals surface area contributed by atoms with Gasteiger partial charge in [0, 0.05) is 31.7 Å². The van der Waals surface area contributed by atoms with Gasteiger partial charge in [-0.1, -0.05) is 22.9 Å². The van der Waals surface area contributed by atoms with Crippen LogP contribution in [0.1, 0.15) is 25.8 Å². The van der Waals surface area contributed by atoms with Gasteiger partial charge in [0.05, 0.1) is 0 Å². The molecule has 1 aromatic rings. The van der Waals surface area contributed by atoms with E-state index in [9.17, 15) is 5.11 Å². The first-order chi connectivity index (χ1) is 7.08. The lowest BCUT2D eigenvalue weighted by atomic mass is 10.0. The monoisotopic (exact) mass is 202 g/mol. The second-order valence-electron chi connectivity index (χ2n) is 4.37. The number of hydrogen-bond acceptors (Lipinski definition) is 2. The maximum absolute atomic E-state index is 11.2. The molecule has 1 heterocycles. The standard InChI is InChI=1S/C12H14N2O/c1-12(2)8-11(15)13-14(12)9-10-6-4-3-5-7-10/h3-7,9H,8H2,1-2H3. The predicted molar refractivity (Wildman–Crippen MR) is 58.0 cm³/mol. The van der Waals surface area contributed by atoms with Crippen molar-refractivity contribution < 1.29 is 9.79 Å². The molecule has 1 aliphatic rings. The number of nitrogens with zero attached hydrogens (tertiary/aromatic N) is 2. The molecule has 0 unspecified atom stereocenters. The fourth-order valence-corrected chi connectivity index (χ4v) is 1.63. The van der Waals surface area contributed by atoms with Gasteiger partial charge in [0.1, 0.15) is 0 Å². The topological polar surface area (TPSA) is 38.4 Å². The predicted octanol–water partition coefficient (Wildman–Crippen LogP) is 0.974. The molecule has 0 N–H and O–H groups in total. The van der Waals surface area contributed by atoms with Crippen LogP contribution in [0.3, 0.4) is 0 Å². The Kier molecular flexibility index (Phi) is 2.31. The highest BCUT2D eigenvalue weighted by Crippen LogP contribution is 2.20. The minimum atomic E-state index is -0.201. The Morgan fingerprint density at radius 2 is 2.00 bits per heavy atom. The van der Waals surface area contributed by atoms with Gasteiger partial charge in [0.15, 0.2) is 5.54 Å². The van der Waals surface area contributed by atoms with E-state index in [1.165, 1.54) is 0 Å². The van der Waals surface area contributed by atoms with Crippen molar-refractivity contribution in [2.45, 2.75) is 25.8 Å². The van der Waals surface area contributed by atoms with Crippen molar-refractivity contribution in [2.24, 2.45) is 5.10 Å². The van der Waals surface area contributed by atoms with Crippen molar-refractivity contribution >= 4 is 12.1 Å². The molecule has 1 aromatic carbocycles. The van der Waals surface area contributed by atoms with Crippen LogP contribution in [0.15, 0.2) is 35.4 Å². The Labute approximate surface area is 89.4 Å². The van der Waals surface area contributed by atoms with Gasteiger partial charge in [0.25, 0.3) is 0 Å². The van der Waals surface area contributed by atoms with Crippen molar-refractivity contribution in [3.8, 4) is 0 Å². The van der Waals surface area contributed by atoms with E-state index in [4.69, 9.17) is 0 Å². The first kappa shape index (κ1) is 9.90. The first-order valence-electron chi connectivity index (χ1n) is 5.02. The van der Waals surface area contributed by atoms with E-state index in [-0.39, 0.29) is 11.4 Å². The minimum Gasteiger partial charge on any atom is -0.857 e. The van der Waals surface area contributed by atoms with Gasteiger partial charge in [-0.05, 0) is 17.2 Å². The molecule has 0 bridgehead atoms. The van der Waals surface area contributed by atoms with Crippen LogP contribution in [0.5, 0.6) is 0 Å². The van der Waals surface area contributed by atoms with Crippen molar-refractivity contribution in [1.29, 1.82) is 0 Å². The van der Waals surface area contributed by atoms with E-state index < -0.39 is 0 Å². The Bertz CT molecular complexity index is 419. The highest BCUT2D eigenvalue weighted by molar-refractivity contribution is 5.78. The molecule has 0 atom stereocenters. The van der Waals surface area contributed by atoms with Crippen LogP contribution >= 0.6 is 0 Å². The van der Waals surface area contributed by atoms with Gasteiger partial charge in [-0.25, -0.2) is 0 Å². The van der Waals surface area contributed by atoms with Gasteiger partial charge in [-0.15, -0.1) is 0 Å². The molecule has 0 saturated carbocycles. The third-order valence-corrected chi connectivity index (χ3v) is 2.49. The van der Waals surface area contributed by atoms with Gasteiger partial charge < -0.3 is 5.11 Å². The lowest BCUT2D eigenvalue weighted by Crippen LogP contribution is -2.31. The van der Waals surface area contributed by atoms with Crippen molar-refractivity contribution in [3.63, 3.8) is 0 Å². The lowest BCUT2D eigenvalue weighted by molar-refractivity contribution is -0.591. The van der Waals surface area contributed by atoms with Gasteiger partial charge >= 0.3 is 0 Å². The molecule has 1 aliphatic heterocycles. The first-order valence-corrected chi connectivity index (χ1v) is 5.02. The van der Waals surface area contributed by atoms with Crippen LogP contribution in [0.2, 0.25) is 0 Å². The zero-order valence-corrected chi connectivity index (χ0v) is 8.97. The third kappa shape index (κ3) is 2.06. The number of rotatable bonds is 1. The summed E-state index contributed by atoms with van der Waals surface area (Å²) in [5.41, 5.74) is 0.858. The summed E-state index contributed by atoms with van der Waals surface area (Å²) in [7, 11) is 0. The van der Waals surface area contributed by atoms with E-state index in [0.29, 0.717) is 6.42 Å². The molecule has 3 heteroatoms. The molecule has 0 spiro atoms. The van der Waals surface area contributed by atoms with E-state index in [1.807, 2.05) is 50.4 Å². The average molecular weight is 202 g/mol. The van der Waals surface area contributed by atoms with Gasteiger partial charge in [-0.3, -0.25) is 0 Å². The van der Waals surface area contributed by atoms with Crippen LogP contribution in [0.4, 0.5) is 0 Å². The summed E-state index contributed by atoms with van der Waals surface area (Å²) in [4.78, 5) is 0. The molecule has 0 saturated heterocycles. The number of benzene rings is 1. The molecular weight excluding hydrogens is 188 g/mol. The van der Waals surface area contributed by atoms with Crippen LogP contribution in [-0.4, -0.2) is 22.3 Å². The Morgan fingerprint density at radius 3 is 2.53 bits per heavy atom. The SMILES string of the molecule is CC1(C)CC([O-])=N[N+]1=Cc1ccccc1. The summed E-state index contributed by atoms with van der Waals surface area (Å²) in [6.07, 6.45) is 2.39. The molecule has 15 heavy (non-hydrogen) atoms. The quantitative estimate of drug-likeness (QED) is 0.625. The maximum Gasteiger partial charge on any atom is 0.203 e. The largest absolute Gasteiger partial charge is 0.857 e. The van der Waals surface area contributed by atoms with Crippen molar-refractivity contribution in [2.75, 3.05) is 0 Å². The van der Waals surface area contributed by atoms with Crippen molar-refractivity contribution in [3.05, 3.63) is 35.9 Å². The normalized spacial score (nSPS) is 21.7. The highest BCUT2D eigenvalue weighted by Gasteiger charge is 2.36. The van der Waals surface area contributed by atoms with E-state index in [0.717, 1.165) is 5.56 Å². The number of hydrogen-bond donors (Lipinski definition) is 0. The second-order valence-corrected chi connectivity index (χ2v) is 4.37. The highest BCUT2D eigenvalue weighted by atomic mass is 16.3. The van der Waals surface area contributed by atoms with Crippen LogP contribution in [0.25, 0.3) is 0 Å². The summed E-state index contributed by atoms with van der Waals surface area (Å²) in [5, 5.41) is 15.2. The molecule has 0 aromatic heterocycles. The molecule has 3 nitrogen and oxygen atoms in total. The van der Waals surface area contributed by atoms with Crippen molar-refractivity contribution in [1.82, 2.24) is 0 Å². The van der Waals surface area contributed by atoms with E-state index in [1.54, 1.807) is 4.68 Å². The molecule has 0 amide bonds. The van der Waals surface area contributed by atoms with E-state index >= 15 is 0 Å². The zero-order chi connectivity index (χ0) is 10.9. The molecule has 2 rings (SSSR count).